The molecule has 2 amide bonds. The maximum atomic E-state index is 11.3. The summed E-state index contributed by atoms with van der Waals surface area (Å²) in [6, 6.07) is -0.309. The molecule has 0 radical (unpaired) electrons. The first-order valence-corrected chi connectivity index (χ1v) is 5.32. The van der Waals surface area contributed by atoms with Crippen molar-refractivity contribution in [3.8, 4) is 0 Å². The summed E-state index contributed by atoms with van der Waals surface area (Å²) < 4.78 is 0. The van der Waals surface area contributed by atoms with E-state index in [-0.39, 0.29) is 12.5 Å². The van der Waals surface area contributed by atoms with Crippen molar-refractivity contribution in [1.82, 2.24) is 20.8 Å². The van der Waals surface area contributed by atoms with Gasteiger partial charge in [-0.05, 0) is 13.3 Å². The number of carbonyl (C=O) groups excluding carboxylic acids is 1. The Bertz CT molecular complexity index is 389. The molecule has 94 valence electrons. The highest BCUT2D eigenvalue weighted by Gasteiger charge is 2.03. The zero-order valence-corrected chi connectivity index (χ0v) is 9.62. The molecule has 0 bridgehead atoms. The smallest absolute Gasteiger partial charge is 0.315 e. The fourth-order valence-electron chi connectivity index (χ4n) is 1.23. The zero-order chi connectivity index (χ0) is 12.7. The SMILES string of the molecule is Cc1[nH]ncc1CNC(=O)NCCCC(=O)O. The maximum Gasteiger partial charge on any atom is 0.315 e. The van der Waals surface area contributed by atoms with Gasteiger partial charge in [-0.2, -0.15) is 5.10 Å². The van der Waals surface area contributed by atoms with Crippen molar-refractivity contribution in [2.45, 2.75) is 26.3 Å². The summed E-state index contributed by atoms with van der Waals surface area (Å²) in [7, 11) is 0. The molecule has 0 saturated heterocycles. The number of hydrogen-bond acceptors (Lipinski definition) is 3. The van der Waals surface area contributed by atoms with Crippen molar-refractivity contribution in [2.75, 3.05) is 6.54 Å². The van der Waals surface area contributed by atoms with Gasteiger partial charge in [0.15, 0.2) is 0 Å². The highest BCUT2D eigenvalue weighted by molar-refractivity contribution is 5.73. The number of carboxylic acid groups (broad SMARTS) is 1. The molecule has 0 aromatic carbocycles. The number of aromatic amines is 1. The van der Waals surface area contributed by atoms with E-state index >= 15 is 0 Å². The van der Waals surface area contributed by atoms with Crippen LogP contribution in [0, 0.1) is 6.92 Å². The van der Waals surface area contributed by atoms with Gasteiger partial charge < -0.3 is 15.7 Å². The fraction of sp³-hybridized carbons (Fsp3) is 0.500. The van der Waals surface area contributed by atoms with Crippen LogP contribution in [0.5, 0.6) is 0 Å². The summed E-state index contributed by atoms with van der Waals surface area (Å²) in [5.41, 5.74) is 1.84. The highest BCUT2D eigenvalue weighted by Crippen LogP contribution is 2.00. The second kappa shape index (κ2) is 6.51. The molecule has 0 unspecified atom stereocenters. The van der Waals surface area contributed by atoms with E-state index in [0.717, 1.165) is 11.3 Å². The van der Waals surface area contributed by atoms with Crippen LogP contribution in [-0.4, -0.2) is 33.8 Å². The lowest BCUT2D eigenvalue weighted by molar-refractivity contribution is -0.137. The Labute approximate surface area is 98.6 Å². The van der Waals surface area contributed by atoms with Crippen LogP contribution in [0.2, 0.25) is 0 Å². The van der Waals surface area contributed by atoms with Gasteiger partial charge in [-0.1, -0.05) is 0 Å². The highest BCUT2D eigenvalue weighted by atomic mass is 16.4. The van der Waals surface area contributed by atoms with Gasteiger partial charge in [0, 0.05) is 30.8 Å². The Morgan fingerprint density at radius 1 is 1.47 bits per heavy atom. The fourth-order valence-corrected chi connectivity index (χ4v) is 1.23. The topological polar surface area (TPSA) is 107 Å². The number of aryl methyl sites for hydroxylation is 1. The zero-order valence-electron chi connectivity index (χ0n) is 9.62. The van der Waals surface area contributed by atoms with E-state index in [9.17, 15) is 9.59 Å². The number of urea groups is 1. The lowest BCUT2D eigenvalue weighted by Crippen LogP contribution is -2.35. The van der Waals surface area contributed by atoms with Crippen LogP contribution >= 0.6 is 0 Å². The van der Waals surface area contributed by atoms with Gasteiger partial charge in [-0.15, -0.1) is 0 Å². The van der Waals surface area contributed by atoms with Crippen LogP contribution in [0.4, 0.5) is 4.79 Å². The van der Waals surface area contributed by atoms with E-state index in [1.54, 1.807) is 6.20 Å². The second-order valence-corrected chi connectivity index (χ2v) is 3.63. The summed E-state index contributed by atoms with van der Waals surface area (Å²) in [5, 5.41) is 20.2. The van der Waals surface area contributed by atoms with Gasteiger partial charge in [-0.25, -0.2) is 4.79 Å². The van der Waals surface area contributed by atoms with E-state index in [1.165, 1.54) is 0 Å². The Morgan fingerprint density at radius 2 is 2.24 bits per heavy atom. The van der Waals surface area contributed by atoms with Crippen LogP contribution in [0.15, 0.2) is 6.20 Å². The first kappa shape index (κ1) is 13.0. The largest absolute Gasteiger partial charge is 0.481 e. The number of aliphatic carboxylic acids is 1. The molecular formula is C10H16N4O3. The maximum absolute atomic E-state index is 11.3. The molecule has 0 aliphatic carbocycles. The Hall–Kier alpha value is -2.05. The van der Waals surface area contributed by atoms with Gasteiger partial charge >= 0.3 is 12.0 Å². The number of nitrogens with zero attached hydrogens (tertiary/aromatic N) is 1. The minimum Gasteiger partial charge on any atom is -0.481 e. The van der Waals surface area contributed by atoms with E-state index in [0.29, 0.717) is 19.5 Å². The lowest BCUT2D eigenvalue weighted by Gasteiger charge is -2.06. The van der Waals surface area contributed by atoms with Gasteiger partial charge in [0.2, 0.25) is 0 Å². The lowest BCUT2D eigenvalue weighted by atomic mass is 10.3. The number of nitrogens with one attached hydrogen (secondary N) is 3. The van der Waals surface area contributed by atoms with Crippen LogP contribution in [-0.2, 0) is 11.3 Å². The number of H-pyrrole nitrogens is 1. The molecule has 4 N–H and O–H groups in total. The predicted molar refractivity (Wildman–Crippen MR) is 60.4 cm³/mol. The molecule has 1 aromatic rings. The first-order chi connectivity index (χ1) is 8.09. The molecule has 0 saturated carbocycles. The summed E-state index contributed by atoms with van der Waals surface area (Å²) in [6.07, 6.45) is 2.13. The van der Waals surface area contributed by atoms with Gasteiger partial charge in [0.1, 0.15) is 0 Å². The number of aromatic nitrogens is 2. The number of carboxylic acids is 1. The van der Waals surface area contributed by atoms with Crippen molar-refractivity contribution >= 4 is 12.0 Å². The van der Waals surface area contributed by atoms with Crippen molar-refractivity contribution in [3.63, 3.8) is 0 Å². The summed E-state index contributed by atoms with van der Waals surface area (Å²) in [6.45, 7) is 2.62. The number of amides is 2. The van der Waals surface area contributed by atoms with Crippen LogP contribution in [0.1, 0.15) is 24.1 Å². The van der Waals surface area contributed by atoms with Gasteiger partial charge in [0.25, 0.3) is 0 Å². The minimum atomic E-state index is -0.860. The standard InChI is InChI=1S/C10H16N4O3/c1-7-8(6-13-14-7)5-12-10(17)11-4-2-3-9(15)16/h6H,2-5H2,1H3,(H,13,14)(H,15,16)(H2,11,12,17). The van der Waals surface area contributed by atoms with E-state index in [4.69, 9.17) is 5.11 Å². The molecule has 1 rings (SSSR count). The molecule has 0 aliphatic heterocycles. The molecule has 17 heavy (non-hydrogen) atoms. The van der Waals surface area contributed by atoms with Crippen molar-refractivity contribution in [1.29, 1.82) is 0 Å². The normalized spacial score (nSPS) is 9.94. The molecule has 0 atom stereocenters. The second-order valence-electron chi connectivity index (χ2n) is 3.63. The van der Waals surface area contributed by atoms with Gasteiger partial charge in [-0.3, -0.25) is 9.89 Å². The van der Waals surface area contributed by atoms with E-state index < -0.39 is 5.97 Å². The predicted octanol–water partition coefficient (Wildman–Crippen LogP) is 0.382. The molecule has 1 heterocycles. The summed E-state index contributed by atoms with van der Waals surface area (Å²) in [4.78, 5) is 21.5. The van der Waals surface area contributed by atoms with Crippen LogP contribution in [0.3, 0.4) is 0 Å². The van der Waals surface area contributed by atoms with Gasteiger partial charge in [0.05, 0.1) is 6.20 Å². The molecular weight excluding hydrogens is 224 g/mol. The number of rotatable bonds is 6. The Kier molecular flexibility index (Phi) is 4.99. The van der Waals surface area contributed by atoms with Crippen molar-refractivity contribution in [2.24, 2.45) is 0 Å². The molecule has 7 heteroatoms. The molecule has 0 aliphatic rings. The number of carbonyl (C=O) groups is 2. The minimum absolute atomic E-state index is 0.0567. The summed E-state index contributed by atoms with van der Waals surface area (Å²) >= 11 is 0. The Morgan fingerprint density at radius 3 is 2.82 bits per heavy atom. The molecule has 1 aromatic heterocycles. The molecule has 7 nitrogen and oxygen atoms in total. The van der Waals surface area contributed by atoms with Crippen molar-refractivity contribution < 1.29 is 14.7 Å². The molecule has 0 spiro atoms. The quantitative estimate of drug-likeness (QED) is 0.539. The summed E-state index contributed by atoms with van der Waals surface area (Å²) in [5.74, 6) is -0.860. The third-order valence-electron chi connectivity index (χ3n) is 2.23. The number of hydrogen-bond donors (Lipinski definition) is 4. The third-order valence-corrected chi connectivity index (χ3v) is 2.23. The third kappa shape index (κ3) is 5.01. The van der Waals surface area contributed by atoms with E-state index in [1.807, 2.05) is 6.92 Å². The first-order valence-electron chi connectivity index (χ1n) is 5.32. The van der Waals surface area contributed by atoms with Crippen LogP contribution < -0.4 is 10.6 Å². The van der Waals surface area contributed by atoms with E-state index in [2.05, 4.69) is 20.8 Å². The Balaban J connectivity index is 2.13. The molecule has 0 fully saturated rings. The average Bonchev–Trinajstić information content (AvgIpc) is 2.67. The van der Waals surface area contributed by atoms with Crippen molar-refractivity contribution in [3.05, 3.63) is 17.5 Å². The van der Waals surface area contributed by atoms with Crippen LogP contribution in [0.25, 0.3) is 0 Å². The average molecular weight is 240 g/mol. The monoisotopic (exact) mass is 240 g/mol.